The molecular formula is C21H21N3O5. The van der Waals surface area contributed by atoms with Gasteiger partial charge in [0.15, 0.2) is 6.10 Å². The molecule has 0 aromatic heterocycles. The highest BCUT2D eigenvalue weighted by Crippen LogP contribution is 2.21. The van der Waals surface area contributed by atoms with Crippen molar-refractivity contribution >= 4 is 29.2 Å². The van der Waals surface area contributed by atoms with Gasteiger partial charge >= 0.3 is 5.97 Å². The third kappa shape index (κ3) is 4.85. The summed E-state index contributed by atoms with van der Waals surface area (Å²) in [4.78, 5) is 35.8. The number of amides is 2. The number of hydrazone groups is 1. The quantitative estimate of drug-likeness (QED) is 0.658. The summed E-state index contributed by atoms with van der Waals surface area (Å²) in [5.41, 5.74) is 2.31. The number of hydrogen-bond donors (Lipinski definition) is 3. The van der Waals surface area contributed by atoms with Gasteiger partial charge in [-0.05, 0) is 43.2 Å². The summed E-state index contributed by atoms with van der Waals surface area (Å²) in [6.07, 6.45) is -1.33. The van der Waals surface area contributed by atoms with E-state index in [9.17, 15) is 19.5 Å². The molecule has 0 saturated heterocycles. The van der Waals surface area contributed by atoms with Crippen LogP contribution in [0, 0.1) is 0 Å². The minimum atomic E-state index is -1.75. The van der Waals surface area contributed by atoms with E-state index in [-0.39, 0.29) is 24.3 Å². The van der Waals surface area contributed by atoms with E-state index in [1.54, 1.807) is 43.3 Å². The van der Waals surface area contributed by atoms with E-state index >= 15 is 0 Å². The van der Waals surface area contributed by atoms with Gasteiger partial charge in [0, 0.05) is 11.3 Å². The molecule has 0 bridgehead atoms. The zero-order chi connectivity index (χ0) is 21.0. The van der Waals surface area contributed by atoms with Crippen molar-refractivity contribution in [2.45, 2.75) is 31.9 Å². The second-order valence-electron chi connectivity index (χ2n) is 6.82. The fourth-order valence-electron chi connectivity index (χ4n) is 3.04. The molecule has 150 valence electrons. The maximum absolute atomic E-state index is 12.6. The standard InChI is InChI=1S/C21H21N3O5/c1-13-11-18(25)24(23-13)16-9-7-15(8-10-16)20(27)22-17(19(26)21(28)29)12-14-5-3-2-4-6-14/h2-10,17,19,26H,11-12H2,1H3,(H,22,27)(H,28,29). The van der Waals surface area contributed by atoms with Gasteiger partial charge in [-0.2, -0.15) is 5.10 Å². The Morgan fingerprint density at radius 3 is 2.34 bits per heavy atom. The second kappa shape index (κ2) is 8.66. The molecule has 0 radical (unpaired) electrons. The lowest BCUT2D eigenvalue weighted by Crippen LogP contribution is -2.48. The summed E-state index contributed by atoms with van der Waals surface area (Å²) in [7, 11) is 0. The summed E-state index contributed by atoms with van der Waals surface area (Å²) in [6, 6.07) is 14.2. The van der Waals surface area contributed by atoms with Gasteiger partial charge in [-0.3, -0.25) is 9.59 Å². The average Bonchev–Trinajstić information content (AvgIpc) is 3.05. The van der Waals surface area contributed by atoms with Crippen LogP contribution in [0.15, 0.2) is 59.7 Å². The molecule has 3 rings (SSSR count). The molecule has 0 saturated carbocycles. The Kier molecular flexibility index (Phi) is 6.04. The lowest BCUT2D eigenvalue weighted by atomic mass is 10.0. The largest absolute Gasteiger partial charge is 0.479 e. The van der Waals surface area contributed by atoms with E-state index in [0.717, 1.165) is 5.56 Å². The van der Waals surface area contributed by atoms with Gasteiger partial charge < -0.3 is 15.5 Å². The zero-order valence-corrected chi connectivity index (χ0v) is 15.8. The van der Waals surface area contributed by atoms with Crippen LogP contribution >= 0.6 is 0 Å². The molecule has 1 heterocycles. The number of anilines is 1. The number of aliphatic hydroxyl groups excluding tert-OH is 1. The maximum Gasteiger partial charge on any atom is 0.334 e. The van der Waals surface area contributed by atoms with Crippen LogP contribution in [0.5, 0.6) is 0 Å². The van der Waals surface area contributed by atoms with Gasteiger partial charge in [-0.25, -0.2) is 9.80 Å². The van der Waals surface area contributed by atoms with Gasteiger partial charge in [-0.1, -0.05) is 30.3 Å². The normalized spacial score (nSPS) is 15.6. The predicted molar refractivity (Wildman–Crippen MR) is 107 cm³/mol. The van der Waals surface area contributed by atoms with E-state index < -0.39 is 24.0 Å². The molecule has 2 aromatic rings. The van der Waals surface area contributed by atoms with Gasteiger partial charge in [-0.15, -0.1) is 0 Å². The number of benzene rings is 2. The Hall–Kier alpha value is -3.52. The van der Waals surface area contributed by atoms with Crippen molar-refractivity contribution in [3.8, 4) is 0 Å². The third-order valence-corrected chi connectivity index (χ3v) is 4.54. The number of carbonyl (C=O) groups excluding carboxylic acids is 2. The Balaban J connectivity index is 1.73. The summed E-state index contributed by atoms with van der Waals surface area (Å²) < 4.78 is 0. The number of hydrogen-bond acceptors (Lipinski definition) is 5. The summed E-state index contributed by atoms with van der Waals surface area (Å²) in [5.74, 6) is -2.08. The molecule has 2 unspecified atom stereocenters. The monoisotopic (exact) mass is 395 g/mol. The number of carboxylic acid groups (broad SMARTS) is 1. The smallest absolute Gasteiger partial charge is 0.334 e. The predicted octanol–water partition coefficient (Wildman–Crippen LogP) is 1.59. The lowest BCUT2D eigenvalue weighted by Gasteiger charge is -2.22. The first-order chi connectivity index (χ1) is 13.8. The SMILES string of the molecule is CC1=NN(c2ccc(C(=O)NC(Cc3ccccc3)C(O)C(=O)O)cc2)C(=O)C1. The van der Waals surface area contributed by atoms with Crippen molar-refractivity contribution in [3.63, 3.8) is 0 Å². The van der Waals surface area contributed by atoms with Crippen molar-refractivity contribution in [2.24, 2.45) is 5.10 Å². The molecule has 8 heteroatoms. The molecule has 3 N–H and O–H groups in total. The lowest BCUT2D eigenvalue weighted by molar-refractivity contribution is -0.148. The van der Waals surface area contributed by atoms with Crippen LogP contribution in [0.25, 0.3) is 0 Å². The van der Waals surface area contributed by atoms with E-state index in [0.29, 0.717) is 11.4 Å². The van der Waals surface area contributed by atoms with Crippen LogP contribution in [0.2, 0.25) is 0 Å². The van der Waals surface area contributed by atoms with E-state index in [1.165, 1.54) is 17.1 Å². The molecule has 2 aromatic carbocycles. The van der Waals surface area contributed by atoms with Crippen LogP contribution in [0.1, 0.15) is 29.3 Å². The first-order valence-electron chi connectivity index (χ1n) is 9.08. The number of nitrogens with one attached hydrogen (secondary N) is 1. The molecule has 1 aliphatic rings. The molecule has 8 nitrogen and oxygen atoms in total. The van der Waals surface area contributed by atoms with Crippen LogP contribution in [-0.4, -0.2) is 45.9 Å². The molecule has 2 amide bonds. The molecular weight excluding hydrogens is 374 g/mol. The first kappa shape index (κ1) is 20.2. The van der Waals surface area contributed by atoms with Crippen molar-refractivity contribution in [3.05, 3.63) is 65.7 Å². The molecule has 0 aliphatic carbocycles. The van der Waals surface area contributed by atoms with E-state index in [1.807, 2.05) is 6.07 Å². The number of carboxylic acids is 1. The third-order valence-electron chi connectivity index (χ3n) is 4.54. The molecule has 2 atom stereocenters. The van der Waals surface area contributed by atoms with Gasteiger partial charge in [0.05, 0.1) is 18.2 Å². The number of carbonyl (C=O) groups is 3. The van der Waals surface area contributed by atoms with Crippen molar-refractivity contribution in [1.82, 2.24) is 5.32 Å². The maximum atomic E-state index is 12.6. The number of rotatable bonds is 7. The van der Waals surface area contributed by atoms with Crippen molar-refractivity contribution in [2.75, 3.05) is 5.01 Å². The number of aliphatic carboxylic acids is 1. The van der Waals surface area contributed by atoms with Crippen LogP contribution < -0.4 is 10.3 Å². The minimum Gasteiger partial charge on any atom is -0.479 e. The topological polar surface area (TPSA) is 119 Å². The van der Waals surface area contributed by atoms with Crippen LogP contribution in [0.4, 0.5) is 5.69 Å². The average molecular weight is 395 g/mol. The fraction of sp³-hybridized carbons (Fsp3) is 0.238. The van der Waals surface area contributed by atoms with Crippen molar-refractivity contribution in [1.29, 1.82) is 0 Å². The zero-order valence-electron chi connectivity index (χ0n) is 15.8. The highest BCUT2D eigenvalue weighted by Gasteiger charge is 2.28. The minimum absolute atomic E-state index is 0.146. The second-order valence-corrected chi connectivity index (χ2v) is 6.82. The highest BCUT2D eigenvalue weighted by molar-refractivity contribution is 6.12. The van der Waals surface area contributed by atoms with Gasteiger partial charge in [0.25, 0.3) is 11.8 Å². The Bertz CT molecular complexity index is 941. The van der Waals surface area contributed by atoms with Crippen LogP contribution in [-0.2, 0) is 16.0 Å². The Morgan fingerprint density at radius 2 is 1.79 bits per heavy atom. The molecule has 0 fully saturated rings. The highest BCUT2D eigenvalue weighted by atomic mass is 16.4. The number of nitrogens with zero attached hydrogens (tertiary/aromatic N) is 2. The number of aliphatic hydroxyl groups is 1. The van der Waals surface area contributed by atoms with Crippen molar-refractivity contribution < 1.29 is 24.6 Å². The summed E-state index contributed by atoms with van der Waals surface area (Å²) >= 11 is 0. The Morgan fingerprint density at radius 1 is 1.14 bits per heavy atom. The summed E-state index contributed by atoms with van der Waals surface area (Å²) in [6.45, 7) is 1.76. The fourth-order valence-corrected chi connectivity index (χ4v) is 3.04. The Labute approximate surface area is 167 Å². The summed E-state index contributed by atoms with van der Waals surface area (Å²) in [5, 5.41) is 27.2. The molecule has 0 spiro atoms. The molecule has 29 heavy (non-hydrogen) atoms. The van der Waals surface area contributed by atoms with Gasteiger partial charge in [0.1, 0.15) is 0 Å². The first-order valence-corrected chi connectivity index (χ1v) is 9.08. The van der Waals surface area contributed by atoms with E-state index in [4.69, 9.17) is 5.11 Å². The van der Waals surface area contributed by atoms with Crippen LogP contribution in [0.3, 0.4) is 0 Å². The van der Waals surface area contributed by atoms with E-state index in [2.05, 4.69) is 10.4 Å². The van der Waals surface area contributed by atoms with Gasteiger partial charge in [0.2, 0.25) is 0 Å². The molecule has 1 aliphatic heterocycles.